The van der Waals surface area contributed by atoms with Crippen LogP contribution < -0.4 is 4.74 Å². The highest BCUT2D eigenvalue weighted by molar-refractivity contribution is 5.85. The summed E-state index contributed by atoms with van der Waals surface area (Å²) in [5.74, 6) is 0.719. The molecule has 108 valence electrons. The molecule has 1 saturated heterocycles. The van der Waals surface area contributed by atoms with Crippen LogP contribution in [0.2, 0.25) is 0 Å². The molecular formula is C15H22N4O. The molecule has 0 amide bonds. The van der Waals surface area contributed by atoms with Crippen LogP contribution in [0.5, 0.6) is 5.88 Å². The van der Waals surface area contributed by atoms with Gasteiger partial charge in [0.25, 0.3) is 0 Å². The van der Waals surface area contributed by atoms with Crippen LogP contribution in [0.1, 0.15) is 32.4 Å². The van der Waals surface area contributed by atoms with Gasteiger partial charge in [0, 0.05) is 31.0 Å². The third-order valence-corrected chi connectivity index (χ3v) is 4.10. The fourth-order valence-corrected chi connectivity index (χ4v) is 2.84. The summed E-state index contributed by atoms with van der Waals surface area (Å²) in [5.41, 5.74) is 1.94. The summed E-state index contributed by atoms with van der Waals surface area (Å²) in [5, 5.41) is 8.26. The molecule has 0 saturated carbocycles. The number of ether oxygens (including phenoxy) is 1. The number of piperidine rings is 1. The van der Waals surface area contributed by atoms with Crippen molar-refractivity contribution in [1.82, 2.24) is 20.1 Å². The minimum Gasteiger partial charge on any atom is -0.474 e. The van der Waals surface area contributed by atoms with Crippen molar-refractivity contribution < 1.29 is 4.74 Å². The Morgan fingerprint density at radius 1 is 1.35 bits per heavy atom. The van der Waals surface area contributed by atoms with Crippen molar-refractivity contribution in [3.05, 3.63) is 18.0 Å². The molecule has 0 bridgehead atoms. The minimum atomic E-state index is 0.261. The zero-order valence-electron chi connectivity index (χ0n) is 12.4. The number of H-pyrrole nitrogens is 1. The van der Waals surface area contributed by atoms with Crippen molar-refractivity contribution in [2.45, 2.75) is 45.8 Å². The number of likely N-dealkylation sites (tertiary alicyclic amines) is 1. The van der Waals surface area contributed by atoms with Gasteiger partial charge in [0.15, 0.2) is 0 Å². The van der Waals surface area contributed by atoms with Crippen LogP contribution >= 0.6 is 0 Å². The number of aromatic amines is 1. The zero-order valence-corrected chi connectivity index (χ0v) is 12.4. The first-order chi connectivity index (χ1) is 9.65. The Morgan fingerprint density at radius 2 is 2.10 bits per heavy atom. The Balaban J connectivity index is 1.73. The molecule has 20 heavy (non-hydrogen) atoms. The van der Waals surface area contributed by atoms with Gasteiger partial charge in [0.1, 0.15) is 6.10 Å². The van der Waals surface area contributed by atoms with E-state index in [4.69, 9.17) is 4.74 Å². The number of aryl methyl sites for hydroxylation is 1. The molecule has 3 rings (SSSR count). The summed E-state index contributed by atoms with van der Waals surface area (Å²) in [4.78, 5) is 6.89. The molecule has 1 fully saturated rings. The Hall–Kier alpha value is -1.62. The summed E-state index contributed by atoms with van der Waals surface area (Å²) < 4.78 is 6.14. The predicted octanol–water partition coefficient (Wildman–Crippen LogP) is 2.52. The van der Waals surface area contributed by atoms with Gasteiger partial charge in [-0.25, -0.2) is 4.98 Å². The van der Waals surface area contributed by atoms with Crippen LogP contribution in [-0.4, -0.2) is 45.3 Å². The average molecular weight is 274 g/mol. The van der Waals surface area contributed by atoms with Gasteiger partial charge >= 0.3 is 0 Å². The van der Waals surface area contributed by atoms with Gasteiger partial charge < -0.3 is 9.64 Å². The van der Waals surface area contributed by atoms with E-state index in [0.29, 0.717) is 6.04 Å². The van der Waals surface area contributed by atoms with E-state index >= 15 is 0 Å². The van der Waals surface area contributed by atoms with Crippen LogP contribution in [0.4, 0.5) is 0 Å². The number of pyridine rings is 1. The lowest BCUT2D eigenvalue weighted by molar-refractivity contribution is 0.0824. The number of fused-ring (bicyclic) bond motifs is 1. The number of hydrogen-bond acceptors (Lipinski definition) is 4. The van der Waals surface area contributed by atoms with Gasteiger partial charge in [-0.15, -0.1) is 0 Å². The zero-order chi connectivity index (χ0) is 14.1. The molecule has 0 atom stereocenters. The molecule has 0 radical (unpaired) electrons. The summed E-state index contributed by atoms with van der Waals surface area (Å²) in [7, 11) is 0. The number of nitrogens with one attached hydrogen (secondary N) is 1. The van der Waals surface area contributed by atoms with Gasteiger partial charge in [-0.3, -0.25) is 5.10 Å². The normalized spacial score (nSPS) is 18.0. The van der Waals surface area contributed by atoms with Gasteiger partial charge in [-0.2, -0.15) is 5.10 Å². The molecule has 5 heteroatoms. The van der Waals surface area contributed by atoms with Gasteiger partial charge in [-0.1, -0.05) is 0 Å². The van der Waals surface area contributed by atoms with Gasteiger partial charge in [0.2, 0.25) is 5.88 Å². The smallest absolute Gasteiger partial charge is 0.225 e. The average Bonchev–Trinajstić information content (AvgIpc) is 2.82. The number of hydrogen-bond donors (Lipinski definition) is 1. The standard InChI is InChI=1S/C15H22N4O/c1-10(2)19-8-5-12(6-9-19)20-15-14-11(3)17-18-13(14)4-7-16-15/h4,7,10,12H,5-6,8-9H2,1-3H3,(H,17,18). The molecule has 2 aromatic heterocycles. The maximum absolute atomic E-state index is 6.14. The highest BCUT2D eigenvalue weighted by atomic mass is 16.5. The van der Waals surface area contributed by atoms with E-state index in [-0.39, 0.29) is 6.10 Å². The number of aromatic nitrogens is 3. The fraction of sp³-hybridized carbons (Fsp3) is 0.600. The molecule has 1 aliphatic heterocycles. The van der Waals surface area contributed by atoms with E-state index < -0.39 is 0 Å². The molecule has 1 aliphatic rings. The first-order valence-electron chi connectivity index (χ1n) is 7.35. The first-order valence-corrected chi connectivity index (χ1v) is 7.35. The summed E-state index contributed by atoms with van der Waals surface area (Å²) in [6.07, 6.45) is 4.15. The topological polar surface area (TPSA) is 54.0 Å². The highest BCUT2D eigenvalue weighted by Crippen LogP contribution is 2.27. The first kappa shape index (κ1) is 13.4. The second-order valence-electron chi connectivity index (χ2n) is 5.81. The van der Waals surface area contributed by atoms with Crippen molar-refractivity contribution in [3.63, 3.8) is 0 Å². The monoisotopic (exact) mass is 274 g/mol. The second kappa shape index (κ2) is 5.40. The Labute approximate surface area is 119 Å². The Kier molecular flexibility index (Phi) is 3.61. The summed E-state index contributed by atoms with van der Waals surface area (Å²) in [6, 6.07) is 2.53. The molecule has 5 nitrogen and oxygen atoms in total. The van der Waals surface area contributed by atoms with Gasteiger partial charge in [-0.05, 0) is 39.7 Å². The maximum Gasteiger partial charge on any atom is 0.225 e. The van der Waals surface area contributed by atoms with Crippen molar-refractivity contribution in [2.75, 3.05) is 13.1 Å². The lowest BCUT2D eigenvalue weighted by atomic mass is 10.1. The minimum absolute atomic E-state index is 0.261. The van der Waals surface area contributed by atoms with Crippen LogP contribution in [0, 0.1) is 6.92 Å². The molecule has 0 aromatic carbocycles. The molecule has 0 aliphatic carbocycles. The van der Waals surface area contributed by atoms with E-state index in [0.717, 1.165) is 48.4 Å². The van der Waals surface area contributed by atoms with Crippen molar-refractivity contribution in [2.24, 2.45) is 0 Å². The summed E-state index contributed by atoms with van der Waals surface area (Å²) >= 11 is 0. The predicted molar refractivity (Wildman–Crippen MR) is 79.0 cm³/mol. The Morgan fingerprint density at radius 3 is 2.80 bits per heavy atom. The third kappa shape index (κ3) is 2.50. The Bertz CT molecular complexity index is 585. The van der Waals surface area contributed by atoms with E-state index in [2.05, 4.69) is 33.9 Å². The van der Waals surface area contributed by atoms with E-state index in [1.165, 1.54) is 0 Å². The number of nitrogens with zero attached hydrogens (tertiary/aromatic N) is 3. The summed E-state index contributed by atoms with van der Waals surface area (Å²) in [6.45, 7) is 8.70. The molecular weight excluding hydrogens is 252 g/mol. The second-order valence-corrected chi connectivity index (χ2v) is 5.81. The van der Waals surface area contributed by atoms with Crippen LogP contribution in [0.3, 0.4) is 0 Å². The van der Waals surface area contributed by atoms with Crippen molar-refractivity contribution >= 4 is 10.9 Å². The lowest BCUT2D eigenvalue weighted by Crippen LogP contribution is -2.41. The van der Waals surface area contributed by atoms with E-state index in [1.807, 2.05) is 13.0 Å². The molecule has 3 heterocycles. The SMILES string of the molecule is Cc1[nH]nc2ccnc(OC3CCN(C(C)C)CC3)c12. The van der Waals surface area contributed by atoms with E-state index in [9.17, 15) is 0 Å². The van der Waals surface area contributed by atoms with Crippen LogP contribution in [0.25, 0.3) is 10.9 Å². The van der Waals surface area contributed by atoms with E-state index in [1.54, 1.807) is 6.20 Å². The third-order valence-electron chi connectivity index (χ3n) is 4.10. The molecule has 0 spiro atoms. The van der Waals surface area contributed by atoms with Crippen molar-refractivity contribution in [3.8, 4) is 5.88 Å². The van der Waals surface area contributed by atoms with Gasteiger partial charge in [0.05, 0.1) is 10.9 Å². The van der Waals surface area contributed by atoms with Crippen molar-refractivity contribution in [1.29, 1.82) is 0 Å². The fourth-order valence-electron chi connectivity index (χ4n) is 2.84. The van der Waals surface area contributed by atoms with Crippen LogP contribution in [0.15, 0.2) is 12.3 Å². The van der Waals surface area contributed by atoms with Crippen LogP contribution in [-0.2, 0) is 0 Å². The maximum atomic E-state index is 6.14. The molecule has 1 N–H and O–H groups in total. The quantitative estimate of drug-likeness (QED) is 0.934. The lowest BCUT2D eigenvalue weighted by Gasteiger charge is -2.34. The molecule has 0 unspecified atom stereocenters. The largest absolute Gasteiger partial charge is 0.474 e. The highest BCUT2D eigenvalue weighted by Gasteiger charge is 2.23. The number of rotatable bonds is 3. The molecule has 2 aromatic rings.